The van der Waals surface area contributed by atoms with Crippen LogP contribution in [-0.2, 0) is 16.0 Å². The molecule has 4 aliphatic rings. The highest BCUT2D eigenvalue weighted by molar-refractivity contribution is 5.98. The molecule has 6 heteroatoms. The number of hydrogen-bond acceptors (Lipinski definition) is 5. The van der Waals surface area contributed by atoms with Crippen molar-refractivity contribution in [1.82, 2.24) is 9.80 Å². The summed E-state index contributed by atoms with van der Waals surface area (Å²) in [6, 6.07) is 6.04. The lowest BCUT2D eigenvalue weighted by atomic mass is 9.76. The monoisotopic (exact) mass is 440 g/mol. The molecule has 3 heterocycles. The summed E-state index contributed by atoms with van der Waals surface area (Å²) in [7, 11) is 1.72. The van der Waals surface area contributed by atoms with E-state index in [2.05, 4.69) is 4.90 Å². The van der Waals surface area contributed by atoms with Gasteiger partial charge in [-0.2, -0.15) is 0 Å². The molecule has 6 nitrogen and oxygen atoms in total. The predicted molar refractivity (Wildman–Crippen MR) is 122 cm³/mol. The largest absolute Gasteiger partial charge is 0.496 e. The maximum absolute atomic E-state index is 12.7. The molecule has 5 rings (SSSR count). The molecular formula is C26H36N2O4. The third-order valence-electron chi connectivity index (χ3n) is 8.43. The number of amides is 2. The fourth-order valence-electron chi connectivity index (χ4n) is 6.68. The third kappa shape index (κ3) is 3.91. The maximum Gasteiger partial charge on any atom is 0.229 e. The van der Waals surface area contributed by atoms with E-state index in [1.54, 1.807) is 12.0 Å². The van der Waals surface area contributed by atoms with Crippen molar-refractivity contribution in [2.75, 3.05) is 33.4 Å². The highest BCUT2D eigenvalue weighted by Crippen LogP contribution is 2.47. The number of ether oxygens (including phenoxy) is 2. The van der Waals surface area contributed by atoms with Crippen LogP contribution in [0, 0.1) is 5.41 Å². The summed E-state index contributed by atoms with van der Waals surface area (Å²) >= 11 is 0. The average molecular weight is 441 g/mol. The molecule has 0 bridgehead atoms. The van der Waals surface area contributed by atoms with Crippen LogP contribution in [0.1, 0.15) is 69.8 Å². The molecule has 0 N–H and O–H groups in total. The van der Waals surface area contributed by atoms with E-state index in [0.717, 1.165) is 82.6 Å². The van der Waals surface area contributed by atoms with Crippen molar-refractivity contribution in [3.8, 4) is 11.5 Å². The zero-order valence-corrected chi connectivity index (χ0v) is 19.4. The zero-order chi connectivity index (χ0) is 22.2. The Bertz CT molecular complexity index is 844. The Hall–Kier alpha value is -2.08. The van der Waals surface area contributed by atoms with Gasteiger partial charge in [-0.1, -0.05) is 18.9 Å². The molecule has 1 saturated carbocycles. The van der Waals surface area contributed by atoms with Gasteiger partial charge in [0.1, 0.15) is 18.1 Å². The maximum atomic E-state index is 12.7. The van der Waals surface area contributed by atoms with Crippen molar-refractivity contribution >= 4 is 11.8 Å². The first-order valence-electron chi connectivity index (χ1n) is 12.4. The molecule has 1 aromatic carbocycles. The van der Waals surface area contributed by atoms with Crippen LogP contribution in [0.2, 0.25) is 0 Å². The summed E-state index contributed by atoms with van der Waals surface area (Å²) < 4.78 is 11.8. The Labute approximate surface area is 191 Å². The van der Waals surface area contributed by atoms with Gasteiger partial charge in [-0.05, 0) is 69.2 Å². The Morgan fingerprint density at radius 1 is 0.969 bits per heavy atom. The number of fused-ring (bicyclic) bond motifs is 1. The molecule has 2 amide bonds. The van der Waals surface area contributed by atoms with Crippen LogP contribution in [0.4, 0.5) is 0 Å². The topological polar surface area (TPSA) is 59.1 Å². The lowest BCUT2D eigenvalue weighted by Gasteiger charge is -2.42. The van der Waals surface area contributed by atoms with Crippen molar-refractivity contribution in [2.24, 2.45) is 5.41 Å². The van der Waals surface area contributed by atoms with E-state index in [-0.39, 0.29) is 22.8 Å². The van der Waals surface area contributed by atoms with Gasteiger partial charge in [0, 0.05) is 31.4 Å². The van der Waals surface area contributed by atoms with Crippen molar-refractivity contribution in [3.63, 3.8) is 0 Å². The Morgan fingerprint density at radius 3 is 2.47 bits per heavy atom. The van der Waals surface area contributed by atoms with Crippen molar-refractivity contribution < 1.29 is 19.1 Å². The van der Waals surface area contributed by atoms with Crippen LogP contribution >= 0.6 is 0 Å². The minimum atomic E-state index is -0.00900. The molecule has 32 heavy (non-hydrogen) atoms. The van der Waals surface area contributed by atoms with E-state index >= 15 is 0 Å². The van der Waals surface area contributed by atoms with E-state index in [4.69, 9.17) is 9.47 Å². The first-order chi connectivity index (χ1) is 15.5. The molecule has 3 fully saturated rings. The second kappa shape index (κ2) is 8.69. The molecule has 1 aliphatic carbocycles. The van der Waals surface area contributed by atoms with E-state index in [1.807, 2.05) is 18.2 Å². The van der Waals surface area contributed by atoms with Gasteiger partial charge >= 0.3 is 0 Å². The minimum Gasteiger partial charge on any atom is -0.496 e. The SMILES string of the molecule is COc1cccc2c1C[C@]1(CCCN1CCCCN1C(=O)CC3(CCCC3)CC1=O)CO2. The van der Waals surface area contributed by atoms with Crippen LogP contribution in [0.5, 0.6) is 11.5 Å². The van der Waals surface area contributed by atoms with Crippen LogP contribution in [0.25, 0.3) is 0 Å². The van der Waals surface area contributed by atoms with E-state index < -0.39 is 0 Å². The van der Waals surface area contributed by atoms with Crippen LogP contribution < -0.4 is 9.47 Å². The third-order valence-corrected chi connectivity index (χ3v) is 8.43. The normalized spacial score (nSPS) is 27.2. The first kappa shape index (κ1) is 21.7. The summed E-state index contributed by atoms with van der Waals surface area (Å²) in [6.45, 7) is 3.35. The number of unbranched alkanes of at least 4 members (excludes halogenated alkanes) is 1. The fraction of sp³-hybridized carbons (Fsp3) is 0.692. The number of nitrogens with zero attached hydrogens (tertiary/aromatic N) is 2. The molecule has 2 spiro atoms. The number of carbonyl (C=O) groups is 2. The van der Waals surface area contributed by atoms with Crippen molar-refractivity contribution in [3.05, 3.63) is 23.8 Å². The van der Waals surface area contributed by atoms with Gasteiger partial charge in [0.2, 0.25) is 11.8 Å². The summed E-state index contributed by atoms with van der Waals surface area (Å²) in [5.74, 6) is 1.98. The van der Waals surface area contributed by atoms with Crippen LogP contribution in [0.15, 0.2) is 18.2 Å². The summed E-state index contributed by atoms with van der Waals surface area (Å²) in [5, 5.41) is 0. The van der Waals surface area contributed by atoms with E-state index in [1.165, 1.54) is 12.0 Å². The van der Waals surface area contributed by atoms with Gasteiger partial charge in [-0.25, -0.2) is 0 Å². The molecule has 0 radical (unpaired) electrons. The molecule has 3 aliphatic heterocycles. The van der Waals surface area contributed by atoms with Crippen LogP contribution in [0.3, 0.4) is 0 Å². The van der Waals surface area contributed by atoms with E-state index in [9.17, 15) is 9.59 Å². The lowest BCUT2D eigenvalue weighted by molar-refractivity contribution is -0.153. The molecule has 1 atom stereocenters. The minimum absolute atomic E-state index is 0.00900. The number of likely N-dealkylation sites (tertiary alicyclic amines) is 2. The molecule has 2 saturated heterocycles. The fourth-order valence-corrected chi connectivity index (χ4v) is 6.68. The quantitative estimate of drug-likeness (QED) is 0.495. The van der Waals surface area contributed by atoms with Gasteiger partial charge in [-0.3, -0.25) is 19.4 Å². The second-order valence-electron chi connectivity index (χ2n) is 10.4. The Balaban J connectivity index is 1.15. The number of carbonyl (C=O) groups excluding carboxylic acids is 2. The lowest BCUT2D eigenvalue weighted by Crippen LogP contribution is -2.52. The molecular weight excluding hydrogens is 404 g/mol. The van der Waals surface area contributed by atoms with Gasteiger partial charge in [0.05, 0.1) is 12.6 Å². The number of piperidine rings is 1. The highest BCUT2D eigenvalue weighted by atomic mass is 16.5. The van der Waals surface area contributed by atoms with Crippen LogP contribution in [-0.4, -0.2) is 60.5 Å². The standard InChI is InChI=1S/C26H36N2O4/c1-31-21-8-6-9-22-20(21)16-26(19-32-22)12-7-14-27(26)13-4-5-15-28-23(29)17-25(18-24(28)30)10-2-3-11-25/h6,8-9H,2-5,7,10-19H2,1H3/t26-/m1/s1. The molecule has 174 valence electrons. The zero-order valence-electron chi connectivity index (χ0n) is 19.4. The summed E-state index contributed by atoms with van der Waals surface area (Å²) in [6.07, 6.45) is 10.7. The number of benzene rings is 1. The van der Waals surface area contributed by atoms with Crippen molar-refractivity contribution in [1.29, 1.82) is 0 Å². The smallest absolute Gasteiger partial charge is 0.229 e. The Morgan fingerprint density at radius 2 is 1.72 bits per heavy atom. The number of imide groups is 1. The van der Waals surface area contributed by atoms with Crippen molar-refractivity contribution in [2.45, 2.75) is 76.2 Å². The van der Waals surface area contributed by atoms with Gasteiger partial charge in [-0.15, -0.1) is 0 Å². The highest BCUT2D eigenvalue weighted by Gasteiger charge is 2.46. The number of rotatable bonds is 6. The van der Waals surface area contributed by atoms with Gasteiger partial charge in [0.25, 0.3) is 0 Å². The summed E-state index contributed by atoms with van der Waals surface area (Å²) in [5.41, 5.74) is 1.21. The number of methoxy groups -OCH3 is 1. The average Bonchev–Trinajstić information content (AvgIpc) is 3.39. The summed E-state index contributed by atoms with van der Waals surface area (Å²) in [4.78, 5) is 29.5. The molecule has 1 aromatic rings. The molecule has 0 unspecified atom stereocenters. The predicted octanol–water partition coefficient (Wildman–Crippen LogP) is 3.95. The Kier molecular flexibility index (Phi) is 5.91. The first-order valence-corrected chi connectivity index (χ1v) is 12.4. The van der Waals surface area contributed by atoms with Gasteiger partial charge < -0.3 is 9.47 Å². The second-order valence-corrected chi connectivity index (χ2v) is 10.4. The number of hydrogen-bond donors (Lipinski definition) is 0. The molecule has 0 aromatic heterocycles. The van der Waals surface area contributed by atoms with E-state index in [0.29, 0.717) is 19.4 Å². The van der Waals surface area contributed by atoms with Gasteiger partial charge in [0.15, 0.2) is 0 Å².